The van der Waals surface area contributed by atoms with E-state index in [0.29, 0.717) is 12.2 Å². The van der Waals surface area contributed by atoms with Gasteiger partial charge in [-0.2, -0.15) is 0 Å². The minimum absolute atomic E-state index is 0.00501. The predicted octanol–water partition coefficient (Wildman–Crippen LogP) is 1.63. The van der Waals surface area contributed by atoms with Crippen molar-refractivity contribution in [1.29, 1.82) is 0 Å². The molecule has 0 spiro atoms. The first-order valence-electron chi connectivity index (χ1n) is 7.65. The number of H-pyrrole nitrogens is 1. The predicted molar refractivity (Wildman–Crippen MR) is 83.5 cm³/mol. The van der Waals surface area contributed by atoms with Crippen LogP contribution in [0.2, 0.25) is 0 Å². The van der Waals surface area contributed by atoms with Crippen LogP contribution in [0.15, 0.2) is 30.7 Å². The highest BCUT2D eigenvalue weighted by Gasteiger charge is 2.32. The van der Waals surface area contributed by atoms with Crippen molar-refractivity contribution in [2.24, 2.45) is 0 Å². The summed E-state index contributed by atoms with van der Waals surface area (Å²) in [6.07, 6.45) is 5.26. The second-order valence-corrected chi connectivity index (χ2v) is 5.54. The second kappa shape index (κ2) is 6.27. The molecule has 116 valence electrons. The molecule has 1 N–H and O–H groups in total. The molecule has 6 heteroatoms. The number of nitrogens with one attached hydrogen (secondary N) is 1. The Bertz CT molecular complexity index is 640. The van der Waals surface area contributed by atoms with Crippen molar-refractivity contribution >= 4 is 5.91 Å². The van der Waals surface area contributed by atoms with Gasteiger partial charge >= 0.3 is 0 Å². The van der Waals surface area contributed by atoms with Crippen molar-refractivity contribution < 1.29 is 4.79 Å². The van der Waals surface area contributed by atoms with Gasteiger partial charge in [0.1, 0.15) is 11.5 Å². The normalized spacial score (nSPS) is 19.4. The number of aromatic nitrogens is 3. The third-order valence-corrected chi connectivity index (χ3v) is 4.23. The molecule has 2 aromatic rings. The first-order valence-corrected chi connectivity index (χ1v) is 7.65. The maximum Gasteiger partial charge on any atom is 0.272 e. The topological polar surface area (TPSA) is 65.1 Å². The largest absolute Gasteiger partial charge is 0.347 e. The molecule has 1 aliphatic rings. The minimum Gasteiger partial charge on any atom is -0.347 e. The molecule has 0 aromatic carbocycles. The number of rotatable bonds is 3. The number of carbonyl (C=O) groups is 1. The molecule has 0 bridgehead atoms. The smallest absolute Gasteiger partial charge is 0.272 e. The number of imidazole rings is 1. The van der Waals surface area contributed by atoms with Gasteiger partial charge in [-0.15, -0.1) is 0 Å². The molecule has 1 aliphatic heterocycles. The Morgan fingerprint density at radius 1 is 1.36 bits per heavy atom. The number of pyridine rings is 1. The summed E-state index contributed by atoms with van der Waals surface area (Å²) >= 11 is 0. The van der Waals surface area contributed by atoms with Crippen LogP contribution in [0.5, 0.6) is 0 Å². The molecular formula is C16H21N5O. The summed E-state index contributed by atoms with van der Waals surface area (Å²) in [5.74, 6) is 0.919. The Morgan fingerprint density at radius 3 is 2.91 bits per heavy atom. The van der Waals surface area contributed by atoms with Gasteiger partial charge in [0.2, 0.25) is 0 Å². The molecule has 1 atom stereocenters. The summed E-state index contributed by atoms with van der Waals surface area (Å²) in [6.45, 7) is 7.20. The molecule has 3 heterocycles. The lowest BCUT2D eigenvalue weighted by Crippen LogP contribution is -2.50. The highest BCUT2D eigenvalue weighted by Crippen LogP contribution is 2.23. The molecule has 2 aromatic heterocycles. The van der Waals surface area contributed by atoms with Crippen molar-refractivity contribution in [2.45, 2.75) is 19.9 Å². The van der Waals surface area contributed by atoms with Crippen LogP contribution in [0.4, 0.5) is 0 Å². The Labute approximate surface area is 130 Å². The van der Waals surface area contributed by atoms with E-state index in [1.807, 2.05) is 30.2 Å². The summed E-state index contributed by atoms with van der Waals surface area (Å²) in [5.41, 5.74) is 1.46. The summed E-state index contributed by atoms with van der Waals surface area (Å²) in [7, 11) is 0. The Kier molecular flexibility index (Phi) is 4.20. The zero-order valence-corrected chi connectivity index (χ0v) is 13.0. The molecular weight excluding hydrogens is 278 g/mol. The zero-order valence-electron chi connectivity index (χ0n) is 13.0. The third kappa shape index (κ3) is 2.74. The fraction of sp³-hybridized carbons (Fsp3) is 0.438. The van der Waals surface area contributed by atoms with Crippen molar-refractivity contribution in [1.82, 2.24) is 24.8 Å². The monoisotopic (exact) mass is 299 g/mol. The molecule has 3 rings (SSSR count). The number of amides is 1. The fourth-order valence-corrected chi connectivity index (χ4v) is 2.96. The number of nitrogens with zero attached hydrogens (tertiary/aromatic N) is 4. The van der Waals surface area contributed by atoms with E-state index in [0.717, 1.165) is 31.0 Å². The second-order valence-electron chi connectivity index (χ2n) is 5.54. The SMILES string of the molecule is CCN1CCN(C(=O)c2ncccc2C)C[C@@H]1c1ncc[nH]1. The number of aromatic amines is 1. The van der Waals surface area contributed by atoms with E-state index < -0.39 is 0 Å². The van der Waals surface area contributed by atoms with Crippen LogP contribution in [0.3, 0.4) is 0 Å². The fourth-order valence-electron chi connectivity index (χ4n) is 2.96. The van der Waals surface area contributed by atoms with Crippen LogP contribution in [-0.4, -0.2) is 56.8 Å². The van der Waals surface area contributed by atoms with E-state index in [1.165, 1.54) is 0 Å². The first-order chi connectivity index (χ1) is 10.7. The quantitative estimate of drug-likeness (QED) is 0.935. The van der Waals surface area contributed by atoms with Crippen molar-refractivity contribution in [3.63, 3.8) is 0 Å². The van der Waals surface area contributed by atoms with Crippen LogP contribution in [-0.2, 0) is 0 Å². The molecule has 0 saturated carbocycles. The van der Waals surface area contributed by atoms with Crippen molar-refractivity contribution in [3.8, 4) is 0 Å². The van der Waals surface area contributed by atoms with Gasteiger partial charge in [0, 0.05) is 38.2 Å². The lowest BCUT2D eigenvalue weighted by atomic mass is 10.1. The minimum atomic E-state index is 0.00501. The highest BCUT2D eigenvalue weighted by atomic mass is 16.2. The summed E-state index contributed by atoms with van der Waals surface area (Å²) in [6, 6.07) is 3.89. The number of carbonyl (C=O) groups excluding carboxylic acids is 1. The molecule has 6 nitrogen and oxygen atoms in total. The van der Waals surface area contributed by atoms with E-state index in [1.54, 1.807) is 12.4 Å². The van der Waals surface area contributed by atoms with Crippen LogP contribution in [0.25, 0.3) is 0 Å². The highest BCUT2D eigenvalue weighted by molar-refractivity contribution is 5.93. The molecule has 0 aliphatic carbocycles. The van der Waals surface area contributed by atoms with Gasteiger partial charge in [-0.25, -0.2) is 4.98 Å². The Balaban J connectivity index is 1.81. The number of piperazine rings is 1. The van der Waals surface area contributed by atoms with Gasteiger partial charge in [0.25, 0.3) is 5.91 Å². The van der Waals surface area contributed by atoms with E-state index in [9.17, 15) is 4.79 Å². The van der Waals surface area contributed by atoms with Crippen LogP contribution in [0.1, 0.15) is 34.8 Å². The Hall–Kier alpha value is -2.21. The van der Waals surface area contributed by atoms with Gasteiger partial charge in [-0.3, -0.25) is 14.7 Å². The van der Waals surface area contributed by atoms with Gasteiger partial charge in [-0.1, -0.05) is 13.0 Å². The number of hydrogen-bond acceptors (Lipinski definition) is 4. The Morgan fingerprint density at radius 2 is 2.23 bits per heavy atom. The van der Waals surface area contributed by atoms with Crippen LogP contribution < -0.4 is 0 Å². The van der Waals surface area contributed by atoms with Gasteiger partial charge in [0.15, 0.2) is 0 Å². The summed E-state index contributed by atoms with van der Waals surface area (Å²) in [4.78, 5) is 28.8. The van der Waals surface area contributed by atoms with Gasteiger partial charge < -0.3 is 9.88 Å². The van der Waals surface area contributed by atoms with Crippen LogP contribution in [0, 0.1) is 6.92 Å². The van der Waals surface area contributed by atoms with E-state index in [-0.39, 0.29) is 11.9 Å². The lowest BCUT2D eigenvalue weighted by Gasteiger charge is -2.40. The standard InChI is InChI=1S/C16H21N5O/c1-3-20-9-10-21(11-13(20)15-18-7-8-19-15)16(22)14-12(2)5-4-6-17-14/h4-8,13H,3,9-11H2,1-2H3,(H,18,19)/t13-/m1/s1. The number of hydrogen-bond donors (Lipinski definition) is 1. The maximum absolute atomic E-state index is 12.7. The van der Waals surface area contributed by atoms with Crippen molar-refractivity contribution in [3.05, 3.63) is 47.8 Å². The maximum atomic E-state index is 12.7. The molecule has 1 saturated heterocycles. The van der Waals surface area contributed by atoms with E-state index in [4.69, 9.17) is 0 Å². The first kappa shape index (κ1) is 14.7. The third-order valence-electron chi connectivity index (χ3n) is 4.23. The molecule has 0 radical (unpaired) electrons. The lowest BCUT2D eigenvalue weighted by molar-refractivity contribution is 0.0474. The summed E-state index contributed by atoms with van der Waals surface area (Å²) in [5, 5.41) is 0. The zero-order chi connectivity index (χ0) is 15.5. The van der Waals surface area contributed by atoms with Gasteiger partial charge in [-0.05, 0) is 25.1 Å². The molecule has 1 fully saturated rings. The van der Waals surface area contributed by atoms with Crippen molar-refractivity contribution in [2.75, 3.05) is 26.2 Å². The molecule has 1 amide bonds. The van der Waals surface area contributed by atoms with Crippen LogP contribution >= 0.6 is 0 Å². The van der Waals surface area contributed by atoms with Gasteiger partial charge in [0.05, 0.1) is 6.04 Å². The summed E-state index contributed by atoms with van der Waals surface area (Å²) < 4.78 is 0. The van der Waals surface area contributed by atoms with E-state index in [2.05, 4.69) is 26.8 Å². The molecule has 0 unspecified atom stereocenters. The average molecular weight is 299 g/mol. The average Bonchev–Trinajstić information content (AvgIpc) is 3.08. The molecule has 22 heavy (non-hydrogen) atoms. The van der Waals surface area contributed by atoms with E-state index >= 15 is 0 Å². The number of aryl methyl sites for hydroxylation is 1. The number of likely N-dealkylation sites (N-methyl/N-ethyl adjacent to an activating group) is 1.